The molecule has 0 aliphatic carbocycles. The standard InChI is InChI=1S/C25H30O15/c26-5-9-15(30)20(35)22(37)24(39-9)12-17(32)11(14(29)7-2-1-3-8(28)4-7)18(33)13(19(12)34)25-23(38)21(36)16(31)10(6-27)40-25/h1-4,9-10,15-16,20-28,30-38H,5-6H2/t9-,10-,15-,16-,20+,21+,22-,23-,24+,25+/m1/s1. The van der Waals surface area contributed by atoms with Crippen LogP contribution in [0.1, 0.15) is 39.3 Å². The summed E-state index contributed by atoms with van der Waals surface area (Å²) in [5.41, 5.74) is -2.92. The first-order valence-corrected chi connectivity index (χ1v) is 12.1. The maximum atomic E-state index is 13.5. The van der Waals surface area contributed by atoms with E-state index in [2.05, 4.69) is 0 Å². The van der Waals surface area contributed by atoms with E-state index >= 15 is 0 Å². The number of benzene rings is 2. The molecule has 0 spiro atoms. The van der Waals surface area contributed by atoms with Crippen molar-refractivity contribution < 1.29 is 75.5 Å². The highest BCUT2D eigenvalue weighted by Gasteiger charge is 2.50. The fraction of sp³-hybridized carbons (Fsp3) is 0.480. The molecular formula is C25H30O15. The molecule has 4 rings (SSSR count). The van der Waals surface area contributed by atoms with Gasteiger partial charge in [-0.3, -0.25) is 4.79 Å². The predicted octanol–water partition coefficient (Wildman–Crippen LogP) is -3.23. The Hall–Kier alpha value is -3.09. The van der Waals surface area contributed by atoms with Gasteiger partial charge in [0.15, 0.2) is 0 Å². The van der Waals surface area contributed by atoms with Crippen LogP contribution in [0.15, 0.2) is 24.3 Å². The molecule has 0 unspecified atom stereocenters. The SMILES string of the molecule is O=C(c1cccc(O)c1)c1c(O)c([C@@H]2O[C@H](CO)[C@@H](O)[C@H](O)[C@H]2O)c(O)c([C@@H]2O[C@H](CO)[C@@H](O)[C@H](O)[C@H]2O)c1O. The van der Waals surface area contributed by atoms with Crippen molar-refractivity contribution in [1.29, 1.82) is 0 Å². The van der Waals surface area contributed by atoms with Crippen LogP contribution < -0.4 is 0 Å². The van der Waals surface area contributed by atoms with Crippen LogP contribution >= 0.6 is 0 Å². The molecule has 220 valence electrons. The molecule has 0 amide bonds. The summed E-state index contributed by atoms with van der Waals surface area (Å²) in [5.74, 6) is -5.03. The summed E-state index contributed by atoms with van der Waals surface area (Å²) >= 11 is 0. The molecule has 0 bridgehead atoms. The molecule has 2 heterocycles. The van der Waals surface area contributed by atoms with Gasteiger partial charge in [0, 0.05) is 5.56 Å². The number of phenols is 4. The first kappa shape index (κ1) is 29.9. The smallest absolute Gasteiger partial charge is 0.200 e. The third-order valence-electron chi connectivity index (χ3n) is 7.18. The van der Waals surface area contributed by atoms with Gasteiger partial charge in [-0.25, -0.2) is 0 Å². The van der Waals surface area contributed by atoms with Gasteiger partial charge in [-0.2, -0.15) is 0 Å². The summed E-state index contributed by atoms with van der Waals surface area (Å²) in [6.45, 7) is -1.79. The lowest BCUT2D eigenvalue weighted by atomic mass is 9.83. The maximum Gasteiger partial charge on any atom is 0.200 e. The first-order chi connectivity index (χ1) is 18.8. The fourth-order valence-corrected chi connectivity index (χ4v) is 4.98. The molecule has 0 aromatic heterocycles. The molecule has 2 aliphatic heterocycles. The van der Waals surface area contributed by atoms with Gasteiger partial charge < -0.3 is 70.8 Å². The van der Waals surface area contributed by atoms with Crippen molar-refractivity contribution in [3.63, 3.8) is 0 Å². The molecule has 2 aliphatic rings. The van der Waals surface area contributed by atoms with Gasteiger partial charge in [0.1, 0.15) is 89.6 Å². The number of rotatable bonds is 6. The second-order valence-corrected chi connectivity index (χ2v) is 9.63. The number of phenolic OH excluding ortho intramolecular Hbond substituents is 4. The third kappa shape index (κ3) is 4.86. The Kier molecular flexibility index (Phi) is 8.53. The Morgan fingerprint density at radius 2 is 1.10 bits per heavy atom. The zero-order valence-corrected chi connectivity index (χ0v) is 20.6. The molecule has 15 heteroatoms. The van der Waals surface area contributed by atoms with E-state index in [1.54, 1.807) is 0 Å². The van der Waals surface area contributed by atoms with Gasteiger partial charge in [0.05, 0.1) is 24.3 Å². The Morgan fingerprint density at radius 3 is 1.50 bits per heavy atom. The number of carbonyl (C=O) groups excluding carboxylic acids is 1. The minimum atomic E-state index is -2.09. The van der Waals surface area contributed by atoms with Crippen molar-refractivity contribution in [2.45, 2.75) is 61.0 Å². The van der Waals surface area contributed by atoms with E-state index in [4.69, 9.17) is 9.47 Å². The van der Waals surface area contributed by atoms with E-state index in [1.807, 2.05) is 0 Å². The van der Waals surface area contributed by atoms with Crippen LogP contribution in [0.2, 0.25) is 0 Å². The van der Waals surface area contributed by atoms with Crippen LogP contribution in [0.5, 0.6) is 23.0 Å². The van der Waals surface area contributed by atoms with Crippen molar-refractivity contribution in [3.8, 4) is 23.0 Å². The van der Waals surface area contributed by atoms with E-state index in [-0.39, 0.29) is 11.3 Å². The molecule has 40 heavy (non-hydrogen) atoms. The second-order valence-electron chi connectivity index (χ2n) is 9.63. The Bertz CT molecular complexity index is 1180. The topological polar surface area (TPSA) is 278 Å². The molecular weight excluding hydrogens is 540 g/mol. The van der Waals surface area contributed by atoms with Gasteiger partial charge in [-0.05, 0) is 12.1 Å². The van der Waals surface area contributed by atoms with Gasteiger partial charge in [0.2, 0.25) is 5.78 Å². The molecule has 0 radical (unpaired) electrons. The van der Waals surface area contributed by atoms with Gasteiger partial charge in [-0.1, -0.05) is 12.1 Å². The van der Waals surface area contributed by atoms with Crippen LogP contribution in [0.25, 0.3) is 0 Å². The van der Waals surface area contributed by atoms with Crippen LogP contribution in [-0.2, 0) is 9.47 Å². The largest absolute Gasteiger partial charge is 0.508 e. The fourth-order valence-electron chi connectivity index (χ4n) is 4.98. The number of aliphatic hydroxyl groups excluding tert-OH is 8. The third-order valence-corrected chi connectivity index (χ3v) is 7.18. The minimum Gasteiger partial charge on any atom is -0.508 e. The number of carbonyl (C=O) groups is 1. The number of ether oxygens (including phenoxy) is 2. The van der Waals surface area contributed by atoms with Crippen molar-refractivity contribution in [2.24, 2.45) is 0 Å². The Balaban J connectivity index is 1.99. The molecule has 2 aromatic carbocycles. The Morgan fingerprint density at radius 1 is 0.650 bits per heavy atom. The quantitative estimate of drug-likeness (QED) is 0.152. The summed E-state index contributed by atoms with van der Waals surface area (Å²) in [4.78, 5) is 13.5. The highest BCUT2D eigenvalue weighted by molar-refractivity contribution is 6.13. The van der Waals surface area contributed by atoms with Crippen LogP contribution in [-0.4, -0.2) is 129 Å². The normalized spacial score (nSPS) is 34.5. The average molecular weight is 571 g/mol. The highest BCUT2D eigenvalue weighted by Crippen LogP contribution is 2.53. The van der Waals surface area contributed by atoms with E-state index < -0.39 is 114 Å². The molecule has 0 saturated carbocycles. The van der Waals surface area contributed by atoms with Crippen LogP contribution in [0.4, 0.5) is 0 Å². The lowest BCUT2D eigenvalue weighted by Crippen LogP contribution is -2.55. The van der Waals surface area contributed by atoms with Crippen molar-refractivity contribution in [1.82, 2.24) is 0 Å². The molecule has 10 atom stereocenters. The zero-order chi connectivity index (χ0) is 29.6. The molecule has 2 saturated heterocycles. The summed E-state index contributed by atoms with van der Waals surface area (Å²) < 4.78 is 10.9. The number of aliphatic hydroxyl groups is 8. The molecule has 2 fully saturated rings. The summed E-state index contributed by atoms with van der Waals surface area (Å²) in [6, 6.07) is 4.68. The number of aromatic hydroxyl groups is 4. The molecule has 15 nitrogen and oxygen atoms in total. The van der Waals surface area contributed by atoms with E-state index in [9.17, 15) is 66.1 Å². The van der Waals surface area contributed by atoms with E-state index in [1.165, 1.54) is 18.2 Å². The lowest BCUT2D eigenvalue weighted by Gasteiger charge is -2.42. The van der Waals surface area contributed by atoms with Crippen LogP contribution in [0, 0.1) is 0 Å². The average Bonchev–Trinajstić information content (AvgIpc) is 2.92. The van der Waals surface area contributed by atoms with E-state index in [0.717, 1.165) is 6.07 Å². The Labute approximate surface area is 225 Å². The number of ketones is 1. The van der Waals surface area contributed by atoms with Gasteiger partial charge in [-0.15, -0.1) is 0 Å². The summed E-state index contributed by atoms with van der Waals surface area (Å²) in [5, 5.41) is 125. The predicted molar refractivity (Wildman–Crippen MR) is 128 cm³/mol. The van der Waals surface area contributed by atoms with Crippen LogP contribution in [0.3, 0.4) is 0 Å². The highest BCUT2D eigenvalue weighted by atomic mass is 16.6. The monoisotopic (exact) mass is 570 g/mol. The molecule has 2 aromatic rings. The minimum absolute atomic E-state index is 0.282. The first-order valence-electron chi connectivity index (χ1n) is 12.1. The lowest BCUT2D eigenvalue weighted by molar-refractivity contribution is -0.234. The van der Waals surface area contributed by atoms with Crippen molar-refractivity contribution in [2.75, 3.05) is 13.2 Å². The summed E-state index contributed by atoms with van der Waals surface area (Å²) in [7, 11) is 0. The maximum absolute atomic E-state index is 13.5. The second kappa shape index (κ2) is 11.4. The van der Waals surface area contributed by atoms with Crippen molar-refractivity contribution in [3.05, 3.63) is 46.5 Å². The zero-order valence-electron chi connectivity index (χ0n) is 20.6. The summed E-state index contributed by atoms with van der Waals surface area (Å²) in [6.07, 6.45) is -18.8. The van der Waals surface area contributed by atoms with E-state index in [0.29, 0.717) is 0 Å². The van der Waals surface area contributed by atoms with Gasteiger partial charge >= 0.3 is 0 Å². The van der Waals surface area contributed by atoms with Gasteiger partial charge in [0.25, 0.3) is 0 Å². The molecule has 12 N–H and O–H groups in total. The number of hydrogen-bond acceptors (Lipinski definition) is 15. The number of hydrogen-bond donors (Lipinski definition) is 12. The van der Waals surface area contributed by atoms with Crippen molar-refractivity contribution >= 4 is 5.78 Å².